The second kappa shape index (κ2) is 18.2. The number of aliphatic carboxylic acids is 1. The quantitative estimate of drug-likeness (QED) is 0.0852. The molecule has 4 N–H and O–H groups in total. The largest absolute Gasteiger partial charge is 0.481 e. The number of aliphatic hydroxyl groups excluding tert-OH is 2. The molecule has 0 radical (unpaired) electrons. The van der Waals surface area contributed by atoms with Crippen LogP contribution in [-0.4, -0.2) is 57.6 Å². The zero-order chi connectivity index (χ0) is 29.3. The topological polar surface area (TPSA) is 159 Å². The van der Waals surface area contributed by atoms with Crippen LogP contribution in [0, 0.1) is 33.8 Å². The van der Waals surface area contributed by atoms with Crippen LogP contribution in [0.5, 0.6) is 0 Å². The van der Waals surface area contributed by atoms with Gasteiger partial charge in [-0.25, -0.2) is 0 Å². The lowest BCUT2D eigenvalue weighted by atomic mass is 9.82. The Morgan fingerprint density at radius 1 is 1.15 bits per heavy atom. The first-order valence-electron chi connectivity index (χ1n) is 14.2. The maximum absolute atomic E-state index is 12.2. The van der Waals surface area contributed by atoms with E-state index < -0.39 is 29.2 Å². The average Bonchev–Trinajstić information content (AvgIpc) is 3.18. The Morgan fingerprint density at radius 2 is 1.90 bits per heavy atom. The van der Waals surface area contributed by atoms with Crippen molar-refractivity contribution in [3.63, 3.8) is 0 Å². The molecule has 1 fully saturated rings. The maximum atomic E-state index is 12.2. The summed E-state index contributed by atoms with van der Waals surface area (Å²) in [4.78, 5) is 38.7. The number of nitrogens with zero attached hydrogens (tertiary/aromatic N) is 1. The van der Waals surface area contributed by atoms with E-state index in [2.05, 4.69) is 10.2 Å². The van der Waals surface area contributed by atoms with Crippen LogP contribution in [0.25, 0.3) is 0 Å². The second-order valence-corrected chi connectivity index (χ2v) is 10.4. The summed E-state index contributed by atoms with van der Waals surface area (Å²) in [5.41, 5.74) is 1.08. The Balaban J connectivity index is 2.09. The van der Waals surface area contributed by atoms with Crippen LogP contribution in [0.1, 0.15) is 63.9 Å². The summed E-state index contributed by atoms with van der Waals surface area (Å²) >= 11 is 0. The molecule has 1 aliphatic carbocycles. The van der Waals surface area contributed by atoms with E-state index in [4.69, 9.17) is 0 Å². The van der Waals surface area contributed by atoms with Crippen molar-refractivity contribution >= 4 is 11.9 Å². The second-order valence-electron chi connectivity index (χ2n) is 10.4. The lowest BCUT2D eigenvalue weighted by Gasteiger charge is -2.24. The van der Waals surface area contributed by atoms with Crippen molar-refractivity contribution < 1.29 is 34.8 Å². The molecule has 1 aromatic carbocycles. The van der Waals surface area contributed by atoms with Gasteiger partial charge in [0.2, 0.25) is 5.91 Å². The minimum absolute atomic E-state index is 0.0298. The molecule has 10 nitrogen and oxygen atoms in total. The van der Waals surface area contributed by atoms with Gasteiger partial charge in [-0.1, -0.05) is 54.6 Å². The molecule has 0 saturated heterocycles. The predicted octanol–water partition coefficient (Wildman–Crippen LogP) is 4.09. The zero-order valence-electron chi connectivity index (χ0n) is 23.3. The third-order valence-electron chi connectivity index (χ3n) is 7.52. The summed E-state index contributed by atoms with van der Waals surface area (Å²) in [6.45, 7) is 2.32. The number of carbonyl (C=O) groups excluding carboxylic acids is 1. The SMILES string of the molecule is CCNC(=O)CCC/C=C\C[C@@H]1[C@@H](/C=C/[C@H](CCc2ccccc2)C(CCCO[N+](=O)[O-])C(=O)O)[C@H](O)C[C@@H]1O. The van der Waals surface area contributed by atoms with Crippen molar-refractivity contribution in [3.05, 3.63) is 70.3 Å². The number of rotatable bonds is 19. The van der Waals surface area contributed by atoms with Gasteiger partial charge < -0.3 is 25.5 Å². The molecule has 1 amide bonds. The predicted molar refractivity (Wildman–Crippen MR) is 151 cm³/mol. The number of hydrogen-bond donors (Lipinski definition) is 4. The van der Waals surface area contributed by atoms with Crippen LogP contribution >= 0.6 is 0 Å². The summed E-state index contributed by atoms with van der Waals surface area (Å²) in [6, 6.07) is 9.74. The van der Waals surface area contributed by atoms with Gasteiger partial charge in [0.15, 0.2) is 0 Å². The molecule has 2 rings (SSSR count). The summed E-state index contributed by atoms with van der Waals surface area (Å²) in [5, 5.41) is 43.7. The van der Waals surface area contributed by atoms with Crippen LogP contribution in [0.15, 0.2) is 54.6 Å². The smallest absolute Gasteiger partial charge is 0.307 e. The number of aryl methyl sites for hydroxylation is 1. The van der Waals surface area contributed by atoms with E-state index in [1.165, 1.54) is 0 Å². The van der Waals surface area contributed by atoms with Gasteiger partial charge in [0.25, 0.3) is 5.09 Å². The van der Waals surface area contributed by atoms with Crippen LogP contribution in [0.4, 0.5) is 0 Å². The number of aliphatic hydroxyl groups is 2. The molecule has 1 unspecified atom stereocenters. The van der Waals surface area contributed by atoms with Gasteiger partial charge in [-0.05, 0) is 69.3 Å². The standard InChI is InChI=1S/C30H44N2O8/c1-2-31-29(35)15-9-4-3-8-13-25-26(28(34)21-27(25)33)19-18-23(17-16-22-11-6-5-7-12-22)24(30(36)37)14-10-20-40-32(38)39/h3,5-8,11-12,18-19,23-28,33-34H,2,4,9-10,13-17,20-21H2,1H3,(H,31,35)(H,36,37)/b8-3-,19-18+/t23-,24?,25+,26+,27-,28+/m0/s1. The van der Waals surface area contributed by atoms with E-state index in [0.717, 1.165) is 18.4 Å². The minimum Gasteiger partial charge on any atom is -0.481 e. The van der Waals surface area contributed by atoms with Crippen molar-refractivity contribution in [2.45, 2.75) is 76.9 Å². The Morgan fingerprint density at radius 3 is 2.58 bits per heavy atom. The van der Waals surface area contributed by atoms with Gasteiger partial charge in [0.1, 0.15) is 0 Å². The van der Waals surface area contributed by atoms with Crippen molar-refractivity contribution in [2.75, 3.05) is 13.2 Å². The van der Waals surface area contributed by atoms with E-state index >= 15 is 0 Å². The summed E-state index contributed by atoms with van der Waals surface area (Å²) in [5.74, 6) is -2.64. The van der Waals surface area contributed by atoms with E-state index in [9.17, 15) is 35.0 Å². The molecule has 1 aliphatic rings. The van der Waals surface area contributed by atoms with Gasteiger partial charge in [0, 0.05) is 25.3 Å². The van der Waals surface area contributed by atoms with Crippen LogP contribution in [0.3, 0.4) is 0 Å². The molecule has 10 heteroatoms. The lowest BCUT2D eigenvalue weighted by molar-refractivity contribution is -0.757. The molecule has 0 heterocycles. The molecule has 222 valence electrons. The van der Waals surface area contributed by atoms with Gasteiger partial charge in [-0.15, -0.1) is 10.1 Å². The van der Waals surface area contributed by atoms with Crippen LogP contribution in [0.2, 0.25) is 0 Å². The molecule has 1 saturated carbocycles. The first-order valence-corrected chi connectivity index (χ1v) is 14.2. The van der Waals surface area contributed by atoms with Gasteiger partial charge >= 0.3 is 5.97 Å². The number of amides is 1. The highest BCUT2D eigenvalue weighted by Crippen LogP contribution is 2.37. The van der Waals surface area contributed by atoms with Crippen LogP contribution in [-0.2, 0) is 20.8 Å². The Kier molecular flexibility index (Phi) is 15.0. The third kappa shape index (κ3) is 11.9. The highest BCUT2D eigenvalue weighted by Gasteiger charge is 2.39. The maximum Gasteiger partial charge on any atom is 0.307 e. The number of unbranched alkanes of at least 4 members (excludes halogenated alkanes) is 1. The molecule has 40 heavy (non-hydrogen) atoms. The monoisotopic (exact) mass is 560 g/mol. The number of carboxylic acid groups (broad SMARTS) is 1. The molecule has 0 aliphatic heterocycles. The highest BCUT2D eigenvalue weighted by molar-refractivity contribution is 5.75. The van der Waals surface area contributed by atoms with Crippen molar-refractivity contribution in [3.8, 4) is 0 Å². The first kappa shape index (κ1) is 33.0. The number of carboxylic acids is 1. The number of benzene rings is 1. The average molecular weight is 561 g/mol. The fourth-order valence-corrected chi connectivity index (χ4v) is 5.39. The summed E-state index contributed by atoms with van der Waals surface area (Å²) in [6.07, 6.45) is 10.6. The number of hydrogen-bond acceptors (Lipinski definition) is 7. The summed E-state index contributed by atoms with van der Waals surface area (Å²) < 4.78 is 0. The third-order valence-corrected chi connectivity index (χ3v) is 7.52. The van der Waals surface area contributed by atoms with Gasteiger partial charge in [0.05, 0.1) is 24.7 Å². The van der Waals surface area contributed by atoms with Crippen molar-refractivity contribution in [1.29, 1.82) is 0 Å². The minimum atomic E-state index is -0.983. The molecule has 0 bridgehead atoms. The van der Waals surface area contributed by atoms with Crippen LogP contribution < -0.4 is 5.32 Å². The Labute approximate surface area is 236 Å². The molecule has 0 spiro atoms. The lowest BCUT2D eigenvalue weighted by Crippen LogP contribution is -2.25. The Bertz CT molecular complexity index is 968. The van der Waals surface area contributed by atoms with E-state index in [0.29, 0.717) is 32.2 Å². The first-order chi connectivity index (χ1) is 19.2. The fourth-order valence-electron chi connectivity index (χ4n) is 5.39. The van der Waals surface area contributed by atoms with Gasteiger partial charge in [-0.2, -0.15) is 0 Å². The number of carbonyl (C=O) groups is 2. The Hall–Kier alpha value is -3.24. The molecule has 1 aromatic rings. The van der Waals surface area contributed by atoms with Gasteiger partial charge in [-0.3, -0.25) is 9.59 Å². The van der Waals surface area contributed by atoms with E-state index in [1.54, 1.807) is 0 Å². The number of nitrogens with one attached hydrogen (secondary N) is 1. The van der Waals surface area contributed by atoms with E-state index in [1.807, 2.05) is 61.6 Å². The highest BCUT2D eigenvalue weighted by atomic mass is 16.9. The number of allylic oxidation sites excluding steroid dienone is 3. The molecule has 6 atom stereocenters. The normalized spacial score (nSPS) is 22.4. The van der Waals surface area contributed by atoms with Crippen molar-refractivity contribution in [1.82, 2.24) is 5.32 Å². The zero-order valence-corrected chi connectivity index (χ0v) is 23.3. The molecular formula is C30H44N2O8. The fraction of sp³-hybridized carbons (Fsp3) is 0.600. The molecule has 0 aromatic heterocycles. The molecular weight excluding hydrogens is 516 g/mol. The van der Waals surface area contributed by atoms with Crippen molar-refractivity contribution in [2.24, 2.45) is 23.7 Å². The van der Waals surface area contributed by atoms with E-state index in [-0.39, 0.29) is 49.5 Å². The summed E-state index contributed by atoms with van der Waals surface area (Å²) in [7, 11) is 0.